The van der Waals surface area contributed by atoms with Gasteiger partial charge in [0.05, 0.1) is 17.3 Å². The Morgan fingerprint density at radius 2 is 1.88 bits per heavy atom. The van der Waals surface area contributed by atoms with Crippen molar-refractivity contribution in [3.63, 3.8) is 0 Å². The van der Waals surface area contributed by atoms with Gasteiger partial charge in [0.1, 0.15) is 17.1 Å². The number of aliphatic hydroxyl groups excluding tert-OH is 1. The average molecular weight is 604 g/mol. The van der Waals surface area contributed by atoms with Gasteiger partial charge < -0.3 is 14.6 Å². The molecule has 1 aliphatic heterocycles. The number of carbonyl (C=O) groups is 2. The summed E-state index contributed by atoms with van der Waals surface area (Å²) in [6, 6.07) is 16.4. The standard InChI is InChI=1S/C29H22ClN5O4S2/c1-15-7-6-12-34-16(2)22(31-26(15)34)24(37)21-23(17-9-5-10-19(36)13-17)35(27(39)25(21)38)28-32-33-29(41-28)40-14-18-8-3-4-11-20(18)30/h3-13,23,36-37H,14H2,1-2H3. The Morgan fingerprint density at radius 1 is 1.07 bits per heavy atom. The summed E-state index contributed by atoms with van der Waals surface area (Å²) in [4.78, 5) is 32.9. The Balaban J connectivity index is 1.44. The first-order valence-electron chi connectivity index (χ1n) is 12.5. The highest BCUT2D eigenvalue weighted by atomic mass is 35.5. The molecule has 9 nitrogen and oxygen atoms in total. The number of Topliss-reactive ketones (excluding diaryl/α,β-unsaturated/α-hetero) is 1. The van der Waals surface area contributed by atoms with Crippen molar-refractivity contribution in [3.05, 3.63) is 106 Å². The number of hydrogen-bond donors (Lipinski definition) is 2. The van der Waals surface area contributed by atoms with Gasteiger partial charge in [-0.05, 0) is 54.8 Å². The van der Waals surface area contributed by atoms with Gasteiger partial charge in [-0.2, -0.15) is 0 Å². The quantitative estimate of drug-likeness (QED) is 0.0787. The minimum absolute atomic E-state index is 0.0547. The van der Waals surface area contributed by atoms with E-state index in [0.717, 1.165) is 22.5 Å². The third kappa shape index (κ3) is 4.75. The molecule has 0 saturated carbocycles. The number of thioether (sulfide) groups is 1. The molecule has 1 unspecified atom stereocenters. The third-order valence-corrected chi connectivity index (χ3v) is 9.32. The minimum Gasteiger partial charge on any atom is -0.508 e. The Bertz CT molecular complexity index is 1880. The molecule has 3 aromatic heterocycles. The number of imidazole rings is 1. The highest BCUT2D eigenvalue weighted by Gasteiger charge is 2.49. The number of phenolic OH excluding ortho intramolecular Hbond substituents is 1. The summed E-state index contributed by atoms with van der Waals surface area (Å²) in [5, 5.41) is 31.1. The zero-order valence-corrected chi connectivity index (χ0v) is 24.2. The molecule has 0 aliphatic carbocycles. The number of aryl methyl sites for hydroxylation is 2. The van der Waals surface area contributed by atoms with E-state index in [9.17, 15) is 19.8 Å². The van der Waals surface area contributed by atoms with Gasteiger partial charge in [0.25, 0.3) is 5.78 Å². The molecule has 41 heavy (non-hydrogen) atoms. The number of phenols is 1. The number of anilines is 1. The Labute approximate surface area is 247 Å². The number of rotatable bonds is 6. The summed E-state index contributed by atoms with van der Waals surface area (Å²) in [5.74, 6) is -1.67. The molecule has 0 spiro atoms. The molecule has 5 aromatic rings. The van der Waals surface area contributed by atoms with Crippen molar-refractivity contribution < 1.29 is 19.8 Å². The number of halogens is 1. The summed E-state index contributed by atoms with van der Waals surface area (Å²) >= 11 is 8.83. The topological polar surface area (TPSA) is 121 Å². The molecular formula is C29H22ClN5O4S2. The first-order chi connectivity index (χ1) is 19.7. The van der Waals surface area contributed by atoms with E-state index in [0.29, 0.717) is 32.0 Å². The molecule has 1 aliphatic rings. The molecule has 0 radical (unpaired) electrons. The van der Waals surface area contributed by atoms with Crippen LogP contribution in [-0.2, 0) is 15.3 Å². The van der Waals surface area contributed by atoms with E-state index >= 15 is 0 Å². The molecule has 6 rings (SSSR count). The number of hydrogen-bond acceptors (Lipinski definition) is 9. The van der Waals surface area contributed by atoms with Gasteiger partial charge in [0.15, 0.2) is 10.1 Å². The Morgan fingerprint density at radius 3 is 2.63 bits per heavy atom. The largest absolute Gasteiger partial charge is 0.508 e. The first kappa shape index (κ1) is 27.0. The molecule has 12 heteroatoms. The van der Waals surface area contributed by atoms with Crippen LogP contribution in [0.25, 0.3) is 11.4 Å². The van der Waals surface area contributed by atoms with Crippen LogP contribution in [-0.4, -0.2) is 41.5 Å². The van der Waals surface area contributed by atoms with E-state index in [1.807, 2.05) is 53.9 Å². The van der Waals surface area contributed by atoms with Crippen molar-refractivity contribution in [3.8, 4) is 5.75 Å². The molecular weight excluding hydrogens is 582 g/mol. The number of aromatic hydroxyl groups is 1. The number of fused-ring (bicyclic) bond motifs is 1. The maximum Gasteiger partial charge on any atom is 0.301 e. The van der Waals surface area contributed by atoms with E-state index in [4.69, 9.17) is 11.6 Å². The van der Waals surface area contributed by atoms with Gasteiger partial charge in [-0.25, -0.2) is 4.98 Å². The maximum atomic E-state index is 13.6. The lowest BCUT2D eigenvalue weighted by molar-refractivity contribution is -0.132. The lowest BCUT2D eigenvalue weighted by Crippen LogP contribution is -2.29. The van der Waals surface area contributed by atoms with Crippen molar-refractivity contribution in [1.82, 2.24) is 19.6 Å². The van der Waals surface area contributed by atoms with Crippen molar-refractivity contribution in [2.24, 2.45) is 0 Å². The van der Waals surface area contributed by atoms with Crippen LogP contribution in [0, 0.1) is 13.8 Å². The fraction of sp³-hybridized carbons (Fsp3) is 0.138. The summed E-state index contributed by atoms with van der Waals surface area (Å²) in [7, 11) is 0. The van der Waals surface area contributed by atoms with Gasteiger partial charge in [0.2, 0.25) is 5.13 Å². The average Bonchev–Trinajstić information content (AvgIpc) is 3.63. The van der Waals surface area contributed by atoms with E-state index in [-0.39, 0.29) is 22.1 Å². The molecule has 0 bridgehead atoms. The van der Waals surface area contributed by atoms with Crippen molar-refractivity contribution in [1.29, 1.82) is 0 Å². The minimum atomic E-state index is -1.07. The number of nitrogens with zero attached hydrogens (tertiary/aromatic N) is 5. The number of carbonyl (C=O) groups excluding carboxylic acids is 2. The van der Waals surface area contributed by atoms with Crippen LogP contribution in [0.1, 0.15) is 34.1 Å². The molecule has 4 heterocycles. The van der Waals surface area contributed by atoms with Gasteiger partial charge >= 0.3 is 5.91 Å². The van der Waals surface area contributed by atoms with Crippen LogP contribution in [0.5, 0.6) is 5.75 Å². The highest BCUT2D eigenvalue weighted by Crippen LogP contribution is 2.45. The lowest BCUT2D eigenvalue weighted by atomic mass is 9.96. The van der Waals surface area contributed by atoms with Crippen LogP contribution < -0.4 is 4.90 Å². The Kier molecular flexibility index (Phi) is 7.02. The van der Waals surface area contributed by atoms with Gasteiger partial charge in [-0.15, -0.1) is 10.2 Å². The molecule has 1 saturated heterocycles. The lowest BCUT2D eigenvalue weighted by Gasteiger charge is -2.22. The third-order valence-electron chi connectivity index (χ3n) is 6.85. The number of pyridine rings is 1. The second-order valence-corrected chi connectivity index (χ2v) is 12.0. The van der Waals surface area contributed by atoms with Crippen LogP contribution in [0.4, 0.5) is 5.13 Å². The maximum absolute atomic E-state index is 13.6. The zero-order valence-electron chi connectivity index (χ0n) is 21.8. The number of aliphatic hydroxyl groups is 1. The van der Waals surface area contributed by atoms with E-state index in [2.05, 4.69) is 15.2 Å². The van der Waals surface area contributed by atoms with Crippen molar-refractivity contribution in [2.45, 2.75) is 30.0 Å². The fourth-order valence-electron chi connectivity index (χ4n) is 4.83. The SMILES string of the molecule is Cc1cccn2c(C)c(C(O)=C3C(=O)C(=O)N(c4nnc(SCc5ccccc5Cl)s4)C3c3cccc(O)c3)nc12. The number of aromatic nitrogens is 4. The zero-order chi connectivity index (χ0) is 28.8. The predicted molar refractivity (Wildman–Crippen MR) is 158 cm³/mol. The molecule has 1 amide bonds. The van der Waals surface area contributed by atoms with Gasteiger partial charge in [-0.3, -0.25) is 14.5 Å². The Hall–Kier alpha value is -4.19. The smallest absolute Gasteiger partial charge is 0.301 e. The summed E-state index contributed by atoms with van der Waals surface area (Å²) in [5.41, 5.74) is 3.50. The molecule has 1 atom stereocenters. The van der Waals surface area contributed by atoms with Gasteiger partial charge in [-0.1, -0.05) is 71.1 Å². The first-order valence-corrected chi connectivity index (χ1v) is 14.7. The normalized spacial score (nSPS) is 16.7. The second kappa shape index (κ2) is 10.7. The van der Waals surface area contributed by atoms with E-state index in [1.165, 1.54) is 28.8 Å². The molecule has 2 N–H and O–H groups in total. The molecule has 1 fully saturated rings. The summed E-state index contributed by atoms with van der Waals surface area (Å²) in [6.45, 7) is 3.68. The highest BCUT2D eigenvalue weighted by molar-refractivity contribution is 8.00. The van der Waals surface area contributed by atoms with Crippen LogP contribution in [0.3, 0.4) is 0 Å². The number of amides is 1. The molecule has 2 aromatic carbocycles. The van der Waals surface area contributed by atoms with E-state index in [1.54, 1.807) is 19.1 Å². The van der Waals surface area contributed by atoms with E-state index < -0.39 is 23.5 Å². The van der Waals surface area contributed by atoms with Crippen LogP contribution in [0.2, 0.25) is 5.02 Å². The fourth-order valence-corrected chi connectivity index (χ4v) is 6.98. The summed E-state index contributed by atoms with van der Waals surface area (Å²) < 4.78 is 2.39. The number of ketones is 1. The van der Waals surface area contributed by atoms with Gasteiger partial charge in [0, 0.05) is 17.0 Å². The van der Waals surface area contributed by atoms with Crippen molar-refractivity contribution in [2.75, 3.05) is 4.90 Å². The monoisotopic (exact) mass is 603 g/mol. The number of benzene rings is 2. The molecule has 206 valence electrons. The van der Waals surface area contributed by atoms with Crippen LogP contribution in [0.15, 0.2) is 76.8 Å². The van der Waals surface area contributed by atoms with Crippen LogP contribution >= 0.6 is 34.7 Å². The predicted octanol–water partition coefficient (Wildman–Crippen LogP) is 6.08. The second-order valence-electron chi connectivity index (χ2n) is 9.43. The van der Waals surface area contributed by atoms with Crippen molar-refractivity contribution >= 4 is 62.9 Å². The summed E-state index contributed by atoms with van der Waals surface area (Å²) in [6.07, 6.45) is 1.82.